The van der Waals surface area contributed by atoms with Gasteiger partial charge in [-0.1, -0.05) is 191 Å². The van der Waals surface area contributed by atoms with Crippen molar-refractivity contribution >= 4 is 39.0 Å². The lowest BCUT2D eigenvalue weighted by molar-refractivity contribution is 0.660. The average Bonchev–Trinajstić information content (AvgIpc) is 3.93. The van der Waals surface area contributed by atoms with Gasteiger partial charge >= 0.3 is 0 Å². The highest BCUT2D eigenvalue weighted by atomic mass is 15.1. The molecule has 0 unspecified atom stereocenters. The molecule has 0 saturated carbocycles. The van der Waals surface area contributed by atoms with E-state index in [0.717, 1.165) is 66.9 Å². The fourth-order valence-corrected chi connectivity index (χ4v) is 11.4. The predicted octanol–water partition coefficient (Wildman–Crippen LogP) is 16.7. The molecule has 0 spiro atoms. The molecular weight excluding hydrogens is 825 g/mol. The maximum Gasteiger partial charge on any atom is 0.162 e. The molecule has 4 heteroatoms. The van der Waals surface area contributed by atoms with Gasteiger partial charge in [-0.2, -0.15) is 0 Å². The summed E-state index contributed by atoms with van der Waals surface area (Å²) in [5, 5.41) is 2.12. The Bertz CT molecular complexity index is 3790. The molecule has 11 aromatic rings. The Kier molecular flexibility index (Phi) is 8.88. The van der Waals surface area contributed by atoms with Crippen LogP contribution in [0.1, 0.15) is 49.9 Å². The van der Waals surface area contributed by atoms with Crippen LogP contribution in [0.5, 0.6) is 0 Å². The van der Waals surface area contributed by atoms with Crippen LogP contribution in [0.25, 0.3) is 83.6 Å². The summed E-state index contributed by atoms with van der Waals surface area (Å²) in [6.07, 6.45) is 0. The first-order valence-electron chi connectivity index (χ1n) is 23.7. The fraction of sp³-hybridized carbons (Fsp3) is 0.0938. The summed E-state index contributed by atoms with van der Waals surface area (Å²) in [6.45, 7) is 9.46. The monoisotopic (exact) mass is 872 g/mol. The lowest BCUT2D eigenvalue weighted by Crippen LogP contribution is -2.17. The smallest absolute Gasteiger partial charge is 0.162 e. The minimum Gasteiger partial charge on any atom is -0.310 e. The first-order valence-corrected chi connectivity index (χ1v) is 23.7. The first kappa shape index (κ1) is 40.0. The molecule has 2 aliphatic carbocycles. The molecule has 0 radical (unpaired) electrons. The molecule has 324 valence electrons. The van der Waals surface area contributed by atoms with Crippen molar-refractivity contribution in [3.05, 3.63) is 241 Å². The quantitative estimate of drug-likeness (QED) is 0.160. The van der Waals surface area contributed by atoms with E-state index < -0.39 is 0 Å². The summed E-state index contributed by atoms with van der Waals surface area (Å²) in [6, 6.07) is 79.4. The maximum absolute atomic E-state index is 5.40. The van der Waals surface area contributed by atoms with E-state index in [1.807, 2.05) is 18.2 Å². The van der Waals surface area contributed by atoms with E-state index in [4.69, 9.17) is 9.97 Å². The lowest BCUT2D eigenvalue weighted by atomic mass is 9.82. The van der Waals surface area contributed by atoms with Crippen molar-refractivity contribution < 1.29 is 0 Å². The largest absolute Gasteiger partial charge is 0.310 e. The second-order valence-electron chi connectivity index (χ2n) is 19.4. The SMILES string of the molecule is CC1(C)c2ccccc2-c2ccc(N(c3cccc(-c4ccc5c(c4)c4c(-c6ccccc6)nc(-c6ccccc6)nc4n5-c4ccccc4)c3)c3cccc4c3-c3ccccc3C4(C)C)cc21. The number of hydrogen-bond donors (Lipinski definition) is 0. The van der Waals surface area contributed by atoms with Gasteiger partial charge in [-0.25, -0.2) is 9.97 Å². The Morgan fingerprint density at radius 3 is 1.75 bits per heavy atom. The van der Waals surface area contributed by atoms with E-state index in [0.29, 0.717) is 5.82 Å². The Balaban J connectivity index is 1.04. The standard InChI is InChI=1S/C64H48N4/c1-63(2)53-31-17-15-29-50(53)58-54(63)32-19-33-57(58)67(47-35-36-49-48-28-14-16-30-52(48)64(3,4)55(49)40-47)46-27-18-24-43(38-46)44-34-37-56-51(39-44)59-60(41-20-8-5-9-21-41)65-61(42-22-10-6-11-23-42)66-62(59)68(56)45-25-12-7-13-26-45/h5-40H,1-4H3. The van der Waals surface area contributed by atoms with Gasteiger partial charge in [0.15, 0.2) is 5.82 Å². The summed E-state index contributed by atoms with van der Waals surface area (Å²) < 4.78 is 2.30. The van der Waals surface area contributed by atoms with Crippen molar-refractivity contribution in [3.8, 4) is 61.7 Å². The highest BCUT2D eigenvalue weighted by molar-refractivity contribution is 6.15. The fourth-order valence-electron chi connectivity index (χ4n) is 11.4. The molecule has 9 aromatic carbocycles. The van der Waals surface area contributed by atoms with E-state index >= 15 is 0 Å². The van der Waals surface area contributed by atoms with Gasteiger partial charge in [-0.15, -0.1) is 0 Å². The van der Waals surface area contributed by atoms with E-state index in [1.165, 1.54) is 50.2 Å². The topological polar surface area (TPSA) is 34.0 Å². The van der Waals surface area contributed by atoms with Gasteiger partial charge in [0.1, 0.15) is 5.65 Å². The average molecular weight is 873 g/mol. The molecule has 0 bridgehead atoms. The zero-order valence-electron chi connectivity index (χ0n) is 38.6. The molecule has 68 heavy (non-hydrogen) atoms. The molecule has 0 atom stereocenters. The van der Waals surface area contributed by atoms with E-state index in [2.05, 4.69) is 237 Å². The predicted molar refractivity (Wildman–Crippen MR) is 282 cm³/mol. The Labute approximate surface area is 397 Å². The number of fused-ring (bicyclic) bond motifs is 9. The zero-order valence-corrected chi connectivity index (χ0v) is 38.6. The Hall–Kier alpha value is -8.34. The van der Waals surface area contributed by atoms with Gasteiger partial charge in [0.25, 0.3) is 0 Å². The van der Waals surface area contributed by atoms with Crippen LogP contribution in [0.4, 0.5) is 17.1 Å². The van der Waals surface area contributed by atoms with Gasteiger partial charge in [-0.3, -0.25) is 4.57 Å². The van der Waals surface area contributed by atoms with Crippen molar-refractivity contribution in [2.75, 3.05) is 4.90 Å². The molecular formula is C64H48N4. The number of anilines is 3. The third-order valence-corrected chi connectivity index (χ3v) is 14.8. The second-order valence-corrected chi connectivity index (χ2v) is 19.4. The van der Waals surface area contributed by atoms with E-state index in [1.54, 1.807) is 0 Å². The van der Waals surface area contributed by atoms with Crippen LogP contribution < -0.4 is 4.90 Å². The molecule has 4 nitrogen and oxygen atoms in total. The van der Waals surface area contributed by atoms with Crippen molar-refractivity contribution in [2.45, 2.75) is 38.5 Å². The lowest BCUT2D eigenvalue weighted by Gasteiger charge is -2.30. The van der Waals surface area contributed by atoms with Crippen LogP contribution in [-0.4, -0.2) is 14.5 Å². The third-order valence-electron chi connectivity index (χ3n) is 14.8. The summed E-state index contributed by atoms with van der Waals surface area (Å²) in [7, 11) is 0. The highest BCUT2D eigenvalue weighted by Crippen LogP contribution is 2.56. The number of para-hydroxylation sites is 1. The maximum atomic E-state index is 5.40. The molecule has 2 aliphatic rings. The Morgan fingerprint density at radius 2 is 0.985 bits per heavy atom. The van der Waals surface area contributed by atoms with Crippen molar-refractivity contribution in [2.24, 2.45) is 0 Å². The van der Waals surface area contributed by atoms with Crippen molar-refractivity contribution in [1.82, 2.24) is 14.5 Å². The Morgan fingerprint density at radius 1 is 0.412 bits per heavy atom. The molecule has 0 fully saturated rings. The zero-order chi connectivity index (χ0) is 45.7. The van der Waals surface area contributed by atoms with E-state index in [-0.39, 0.29) is 10.8 Å². The number of hydrogen-bond acceptors (Lipinski definition) is 3. The van der Waals surface area contributed by atoms with Gasteiger partial charge in [0.2, 0.25) is 0 Å². The van der Waals surface area contributed by atoms with E-state index in [9.17, 15) is 0 Å². The van der Waals surface area contributed by atoms with Crippen LogP contribution >= 0.6 is 0 Å². The van der Waals surface area contributed by atoms with Gasteiger partial charge in [-0.05, 0) is 105 Å². The normalized spacial score (nSPS) is 13.8. The van der Waals surface area contributed by atoms with Crippen LogP contribution in [0.15, 0.2) is 218 Å². The minimum atomic E-state index is -0.152. The first-order chi connectivity index (χ1) is 33.3. The molecule has 2 aromatic heterocycles. The summed E-state index contributed by atoms with van der Waals surface area (Å²) >= 11 is 0. The minimum absolute atomic E-state index is 0.143. The summed E-state index contributed by atoms with van der Waals surface area (Å²) in [5.74, 6) is 0.696. The highest BCUT2D eigenvalue weighted by Gasteiger charge is 2.39. The van der Waals surface area contributed by atoms with Gasteiger partial charge < -0.3 is 4.90 Å². The number of benzene rings is 9. The molecule has 0 saturated heterocycles. The third kappa shape index (κ3) is 6.00. The van der Waals surface area contributed by atoms with Crippen molar-refractivity contribution in [1.29, 1.82) is 0 Å². The molecule has 0 amide bonds. The van der Waals surface area contributed by atoms with Crippen LogP contribution in [0.3, 0.4) is 0 Å². The van der Waals surface area contributed by atoms with Gasteiger partial charge in [0, 0.05) is 50.0 Å². The second kappa shape index (κ2) is 15.1. The van der Waals surface area contributed by atoms with Crippen LogP contribution in [0, 0.1) is 0 Å². The van der Waals surface area contributed by atoms with Crippen LogP contribution in [0.2, 0.25) is 0 Å². The summed E-state index contributed by atoms with van der Waals surface area (Å²) in [4.78, 5) is 13.3. The number of nitrogens with zero attached hydrogens (tertiary/aromatic N) is 4. The molecule has 13 rings (SSSR count). The van der Waals surface area contributed by atoms with Crippen molar-refractivity contribution in [3.63, 3.8) is 0 Å². The molecule has 2 heterocycles. The molecule has 0 N–H and O–H groups in total. The summed E-state index contributed by atoms with van der Waals surface area (Å²) in [5.41, 5.74) is 21.9. The number of rotatable bonds is 7. The van der Waals surface area contributed by atoms with Crippen LogP contribution in [-0.2, 0) is 10.8 Å². The molecule has 0 aliphatic heterocycles. The number of aromatic nitrogens is 3. The van der Waals surface area contributed by atoms with Gasteiger partial charge in [0.05, 0.1) is 22.3 Å².